The predicted octanol–water partition coefficient (Wildman–Crippen LogP) is 5.12. The second-order valence-corrected chi connectivity index (χ2v) is 7.25. The molecule has 2 aromatic carbocycles. The first kappa shape index (κ1) is 17.2. The quantitative estimate of drug-likeness (QED) is 0.826. The van der Waals surface area contributed by atoms with Crippen molar-refractivity contribution in [3.05, 3.63) is 71.8 Å². The molecule has 1 aliphatic rings. The summed E-state index contributed by atoms with van der Waals surface area (Å²) in [4.78, 5) is 2.45. The maximum atomic E-state index is 11.4. The lowest BCUT2D eigenvalue weighted by molar-refractivity contribution is -0.0747. The Balaban J connectivity index is 1.94. The van der Waals surface area contributed by atoms with Crippen molar-refractivity contribution in [3.8, 4) is 0 Å². The van der Waals surface area contributed by atoms with Crippen LogP contribution in [-0.4, -0.2) is 22.7 Å². The van der Waals surface area contributed by atoms with Gasteiger partial charge in [-0.2, -0.15) is 0 Å². The molecule has 0 spiro atoms. The van der Waals surface area contributed by atoms with Gasteiger partial charge in [-0.05, 0) is 37.4 Å². The Kier molecular flexibility index (Phi) is 5.37. The predicted molar refractivity (Wildman–Crippen MR) is 99.8 cm³/mol. The number of hydrogen-bond acceptors (Lipinski definition) is 2. The number of aliphatic hydroxyl groups is 1. The third-order valence-corrected chi connectivity index (χ3v) is 5.49. The van der Waals surface area contributed by atoms with Crippen molar-refractivity contribution in [2.24, 2.45) is 0 Å². The summed E-state index contributed by atoms with van der Waals surface area (Å²) < 4.78 is 0. The van der Waals surface area contributed by atoms with Crippen molar-refractivity contribution in [1.29, 1.82) is 0 Å². The molecule has 0 aromatic heterocycles. The van der Waals surface area contributed by atoms with E-state index in [1.54, 1.807) is 0 Å². The number of nitrogens with zero attached hydrogens (tertiary/aromatic N) is 1. The van der Waals surface area contributed by atoms with Gasteiger partial charge in [-0.1, -0.05) is 80.4 Å². The van der Waals surface area contributed by atoms with Crippen LogP contribution in [0.5, 0.6) is 0 Å². The standard InChI is InChI=1S/C22H29NO/c1-3-4-15-22(24)16-20(18-11-7-5-8-12-18)23(2)21(17-22)19-13-9-6-10-14-19/h5-14,20-21,24H,3-4,15-17H2,1-2H3/t20-,21-/m1/s1. The van der Waals surface area contributed by atoms with E-state index >= 15 is 0 Å². The topological polar surface area (TPSA) is 23.5 Å². The van der Waals surface area contributed by atoms with E-state index in [1.807, 2.05) is 0 Å². The van der Waals surface area contributed by atoms with Crippen molar-refractivity contribution in [1.82, 2.24) is 4.90 Å². The molecule has 0 amide bonds. The molecule has 0 unspecified atom stereocenters. The zero-order chi connectivity index (χ0) is 17.0. The Bertz CT molecular complexity index is 575. The molecule has 0 bridgehead atoms. The summed E-state index contributed by atoms with van der Waals surface area (Å²) >= 11 is 0. The average Bonchev–Trinajstić information content (AvgIpc) is 2.63. The number of hydrogen-bond donors (Lipinski definition) is 1. The van der Waals surface area contributed by atoms with Crippen LogP contribution in [-0.2, 0) is 0 Å². The van der Waals surface area contributed by atoms with Crippen molar-refractivity contribution in [3.63, 3.8) is 0 Å². The fraction of sp³-hybridized carbons (Fsp3) is 0.455. The molecule has 0 radical (unpaired) electrons. The molecule has 2 aromatic rings. The summed E-state index contributed by atoms with van der Waals surface area (Å²) in [5.41, 5.74) is 2.02. The molecule has 1 heterocycles. The molecule has 3 rings (SSSR count). The highest BCUT2D eigenvalue weighted by atomic mass is 16.3. The van der Waals surface area contributed by atoms with Gasteiger partial charge in [0.15, 0.2) is 0 Å². The lowest BCUT2D eigenvalue weighted by Crippen LogP contribution is -2.46. The Morgan fingerprint density at radius 1 is 0.917 bits per heavy atom. The molecular weight excluding hydrogens is 294 g/mol. The second kappa shape index (κ2) is 7.50. The summed E-state index contributed by atoms with van der Waals surface area (Å²) in [6, 6.07) is 21.8. The summed E-state index contributed by atoms with van der Waals surface area (Å²) in [6.07, 6.45) is 4.74. The van der Waals surface area contributed by atoms with E-state index in [0.717, 1.165) is 32.1 Å². The minimum absolute atomic E-state index is 0.256. The van der Waals surface area contributed by atoms with E-state index in [2.05, 4.69) is 79.5 Å². The highest BCUT2D eigenvalue weighted by molar-refractivity contribution is 5.25. The van der Waals surface area contributed by atoms with Gasteiger partial charge in [-0.3, -0.25) is 4.90 Å². The van der Waals surface area contributed by atoms with Gasteiger partial charge >= 0.3 is 0 Å². The first-order chi connectivity index (χ1) is 11.6. The Labute approximate surface area is 146 Å². The Morgan fingerprint density at radius 3 is 1.79 bits per heavy atom. The second-order valence-electron chi connectivity index (χ2n) is 7.25. The lowest BCUT2D eigenvalue weighted by atomic mass is 9.75. The maximum absolute atomic E-state index is 11.4. The third-order valence-electron chi connectivity index (χ3n) is 5.49. The van der Waals surface area contributed by atoms with Crippen molar-refractivity contribution in [2.45, 2.75) is 56.7 Å². The lowest BCUT2D eigenvalue weighted by Gasteiger charge is -2.48. The van der Waals surface area contributed by atoms with Gasteiger partial charge in [0, 0.05) is 12.1 Å². The summed E-state index contributed by atoms with van der Waals surface area (Å²) in [5.74, 6) is 0. The minimum atomic E-state index is -0.580. The SMILES string of the molecule is CCCCC1(O)C[C@H](c2ccccc2)N(C)[C@@H](c2ccccc2)C1. The zero-order valence-corrected chi connectivity index (χ0v) is 14.9. The molecule has 2 atom stereocenters. The Morgan fingerprint density at radius 2 is 1.38 bits per heavy atom. The molecule has 1 fully saturated rings. The van der Waals surface area contributed by atoms with Crippen LogP contribution < -0.4 is 0 Å². The first-order valence-electron chi connectivity index (χ1n) is 9.17. The molecule has 24 heavy (non-hydrogen) atoms. The molecule has 1 saturated heterocycles. The number of piperidine rings is 1. The van der Waals surface area contributed by atoms with Crippen LogP contribution in [0, 0.1) is 0 Å². The van der Waals surface area contributed by atoms with Crippen LogP contribution in [0.4, 0.5) is 0 Å². The monoisotopic (exact) mass is 323 g/mol. The number of unbranched alkanes of at least 4 members (excludes halogenated alkanes) is 1. The normalized spacial score (nSPS) is 28.0. The van der Waals surface area contributed by atoms with E-state index < -0.39 is 5.60 Å². The van der Waals surface area contributed by atoms with Crippen LogP contribution in [0.3, 0.4) is 0 Å². The smallest absolute Gasteiger partial charge is 0.0684 e. The van der Waals surface area contributed by atoms with Crippen molar-refractivity contribution in [2.75, 3.05) is 7.05 Å². The third kappa shape index (κ3) is 3.71. The van der Waals surface area contributed by atoms with Crippen molar-refractivity contribution >= 4 is 0 Å². The number of benzene rings is 2. The summed E-state index contributed by atoms with van der Waals surface area (Å²) in [5, 5.41) is 11.4. The van der Waals surface area contributed by atoms with E-state index in [1.165, 1.54) is 11.1 Å². The molecule has 2 heteroatoms. The van der Waals surface area contributed by atoms with Gasteiger partial charge in [0.2, 0.25) is 0 Å². The molecule has 1 N–H and O–H groups in total. The Hall–Kier alpha value is -1.64. The van der Waals surface area contributed by atoms with Crippen LogP contribution in [0.15, 0.2) is 60.7 Å². The first-order valence-corrected chi connectivity index (χ1v) is 9.17. The van der Waals surface area contributed by atoms with E-state index in [4.69, 9.17) is 0 Å². The average molecular weight is 323 g/mol. The van der Waals surface area contributed by atoms with E-state index in [9.17, 15) is 5.11 Å². The van der Waals surface area contributed by atoms with Gasteiger partial charge in [0.25, 0.3) is 0 Å². The van der Waals surface area contributed by atoms with Crippen LogP contribution >= 0.6 is 0 Å². The maximum Gasteiger partial charge on any atom is 0.0684 e. The van der Waals surface area contributed by atoms with E-state index in [-0.39, 0.29) is 12.1 Å². The molecular formula is C22H29NO. The van der Waals surface area contributed by atoms with Gasteiger partial charge in [-0.15, -0.1) is 0 Å². The fourth-order valence-electron chi connectivity index (χ4n) is 4.07. The number of likely N-dealkylation sites (tertiary alicyclic amines) is 1. The summed E-state index contributed by atoms with van der Waals surface area (Å²) in [6.45, 7) is 2.20. The molecule has 1 aliphatic heterocycles. The van der Waals surface area contributed by atoms with Gasteiger partial charge in [0.1, 0.15) is 0 Å². The molecule has 128 valence electrons. The van der Waals surface area contributed by atoms with Crippen LogP contribution in [0.25, 0.3) is 0 Å². The molecule has 0 saturated carbocycles. The van der Waals surface area contributed by atoms with Gasteiger partial charge < -0.3 is 5.11 Å². The highest BCUT2D eigenvalue weighted by Crippen LogP contribution is 2.46. The minimum Gasteiger partial charge on any atom is -0.390 e. The van der Waals surface area contributed by atoms with Crippen molar-refractivity contribution < 1.29 is 5.11 Å². The van der Waals surface area contributed by atoms with Crippen LogP contribution in [0.1, 0.15) is 62.2 Å². The zero-order valence-electron chi connectivity index (χ0n) is 14.9. The van der Waals surface area contributed by atoms with Crippen LogP contribution in [0.2, 0.25) is 0 Å². The summed E-state index contributed by atoms with van der Waals surface area (Å²) in [7, 11) is 2.20. The van der Waals surface area contributed by atoms with Gasteiger partial charge in [-0.25, -0.2) is 0 Å². The van der Waals surface area contributed by atoms with E-state index in [0.29, 0.717) is 0 Å². The highest BCUT2D eigenvalue weighted by Gasteiger charge is 2.42. The fourth-order valence-corrected chi connectivity index (χ4v) is 4.07. The molecule has 2 nitrogen and oxygen atoms in total. The van der Waals surface area contributed by atoms with Gasteiger partial charge in [0.05, 0.1) is 5.60 Å². The molecule has 0 aliphatic carbocycles. The largest absolute Gasteiger partial charge is 0.390 e. The number of rotatable bonds is 5.